The van der Waals surface area contributed by atoms with Crippen molar-refractivity contribution in [3.05, 3.63) is 101 Å². The van der Waals surface area contributed by atoms with Crippen LogP contribution < -0.4 is 20.9 Å². The Morgan fingerprint density at radius 3 is 2.54 bits per heavy atom. The van der Waals surface area contributed by atoms with Gasteiger partial charge in [0.1, 0.15) is 12.0 Å². The van der Waals surface area contributed by atoms with Gasteiger partial charge in [0.05, 0.1) is 18.5 Å². The molecule has 210 valence electrons. The van der Waals surface area contributed by atoms with E-state index in [1.165, 1.54) is 6.34 Å². The highest BCUT2D eigenvalue weighted by atomic mass is 16.2. The van der Waals surface area contributed by atoms with E-state index >= 15 is 0 Å². The van der Waals surface area contributed by atoms with Crippen LogP contribution in [0.15, 0.2) is 94.2 Å². The third kappa shape index (κ3) is 5.99. The largest absolute Gasteiger partial charge is 0.378 e. The Morgan fingerprint density at radius 2 is 1.78 bits per heavy atom. The van der Waals surface area contributed by atoms with Gasteiger partial charge >= 0.3 is 0 Å². The maximum atomic E-state index is 13.3. The summed E-state index contributed by atoms with van der Waals surface area (Å²) in [7, 11) is 3.88. The van der Waals surface area contributed by atoms with E-state index in [0.717, 1.165) is 33.8 Å². The molecule has 3 aromatic rings. The fourth-order valence-electron chi connectivity index (χ4n) is 4.99. The Bertz CT molecular complexity index is 1560. The molecule has 2 aliphatic rings. The van der Waals surface area contributed by atoms with Crippen molar-refractivity contribution in [3.63, 3.8) is 0 Å². The molecule has 0 spiro atoms. The zero-order valence-electron chi connectivity index (χ0n) is 24.0. The first-order valence-corrected chi connectivity index (χ1v) is 13.6. The van der Waals surface area contributed by atoms with Crippen LogP contribution in [0.1, 0.15) is 41.4 Å². The zero-order chi connectivity index (χ0) is 29.1. The van der Waals surface area contributed by atoms with Gasteiger partial charge in [-0.2, -0.15) is 5.10 Å². The number of carbonyl (C=O) groups excluding carboxylic acids is 2. The summed E-state index contributed by atoms with van der Waals surface area (Å²) in [4.78, 5) is 32.8. The zero-order valence-corrected chi connectivity index (χ0v) is 24.0. The third-order valence-corrected chi connectivity index (χ3v) is 7.46. The summed E-state index contributed by atoms with van der Waals surface area (Å²) >= 11 is 0. The lowest BCUT2D eigenvalue weighted by Crippen LogP contribution is -2.35. The number of hydrogen-bond acceptors (Lipinski definition) is 7. The predicted molar refractivity (Wildman–Crippen MR) is 165 cm³/mol. The summed E-state index contributed by atoms with van der Waals surface area (Å²) in [6, 6.07) is 23.0. The molecule has 3 N–H and O–H groups in total. The fraction of sp³-hybridized carbons (Fsp3) is 0.250. The van der Waals surface area contributed by atoms with Crippen molar-refractivity contribution in [1.82, 2.24) is 10.3 Å². The number of hydrazone groups is 1. The summed E-state index contributed by atoms with van der Waals surface area (Å²) in [5, 5.41) is 15.8. The second-order valence-corrected chi connectivity index (χ2v) is 10.6. The first-order chi connectivity index (χ1) is 19.7. The van der Waals surface area contributed by atoms with E-state index in [1.807, 2.05) is 112 Å². The van der Waals surface area contributed by atoms with Crippen LogP contribution >= 0.6 is 0 Å². The van der Waals surface area contributed by atoms with Gasteiger partial charge in [0.25, 0.3) is 5.91 Å². The molecule has 41 heavy (non-hydrogen) atoms. The van der Waals surface area contributed by atoms with Crippen LogP contribution in [0.2, 0.25) is 0 Å². The van der Waals surface area contributed by atoms with Gasteiger partial charge in [0.2, 0.25) is 5.91 Å². The normalized spacial score (nSPS) is 16.6. The van der Waals surface area contributed by atoms with Gasteiger partial charge in [-0.25, -0.2) is 4.99 Å². The molecule has 9 nitrogen and oxygen atoms in total. The number of rotatable bonds is 7. The Morgan fingerprint density at radius 1 is 1.00 bits per heavy atom. The molecule has 2 heterocycles. The third-order valence-electron chi connectivity index (χ3n) is 7.46. The van der Waals surface area contributed by atoms with E-state index in [4.69, 9.17) is 0 Å². The summed E-state index contributed by atoms with van der Waals surface area (Å²) < 4.78 is 0. The van der Waals surface area contributed by atoms with Crippen molar-refractivity contribution in [3.8, 4) is 0 Å². The van der Waals surface area contributed by atoms with Crippen LogP contribution in [0.4, 0.5) is 17.1 Å². The molecule has 0 aromatic heterocycles. The van der Waals surface area contributed by atoms with Crippen molar-refractivity contribution in [2.24, 2.45) is 16.0 Å². The van der Waals surface area contributed by atoms with Crippen LogP contribution in [0.5, 0.6) is 0 Å². The molecule has 0 saturated heterocycles. The molecule has 0 fully saturated rings. The average Bonchev–Trinajstić information content (AvgIpc) is 3.32. The fourth-order valence-corrected chi connectivity index (χ4v) is 4.99. The second-order valence-electron chi connectivity index (χ2n) is 10.6. The number of carbonyl (C=O) groups is 2. The van der Waals surface area contributed by atoms with Gasteiger partial charge in [-0.15, -0.1) is 0 Å². The Balaban J connectivity index is 1.32. The Labute approximate surface area is 240 Å². The SMILES string of the molecule is CC1=C2C(Nc3cc(NC(=O)c4cccc(N(C)C)c4)ccc3C)=NC=NN2CC1C(=O)N[C@@H](C)c1ccccc1. The molecular weight excluding hydrogens is 514 g/mol. The standard InChI is InChI=1S/C32H35N7O2/c1-20-14-15-25(36-31(40)24-12-9-13-26(16-24)38(4)5)17-28(20)37-30-29-21(2)27(18-39(29)34-19-33-30)32(41)35-22(3)23-10-7-6-8-11-23/h6-17,19,22,27H,18H2,1-5H3,(H,35,41)(H,36,40)(H,33,34,37)/t22-,27?/m0/s1. The van der Waals surface area contributed by atoms with Crippen LogP contribution in [-0.4, -0.2) is 49.6 Å². The van der Waals surface area contributed by atoms with Crippen LogP contribution in [-0.2, 0) is 4.79 Å². The number of aliphatic imine (C=N–C) groups is 1. The molecule has 3 aromatic carbocycles. The quantitative estimate of drug-likeness (QED) is 0.378. The number of amidine groups is 1. The van der Waals surface area contributed by atoms with Crippen LogP contribution in [0.25, 0.3) is 0 Å². The minimum atomic E-state index is -0.358. The van der Waals surface area contributed by atoms with Gasteiger partial charge in [-0.05, 0) is 67.8 Å². The topological polar surface area (TPSA) is 101 Å². The Kier molecular flexibility index (Phi) is 7.87. The number of nitrogens with zero attached hydrogens (tertiary/aromatic N) is 4. The highest BCUT2D eigenvalue weighted by Crippen LogP contribution is 2.33. The molecule has 5 rings (SSSR count). The minimum absolute atomic E-state index is 0.0467. The van der Waals surface area contributed by atoms with Crippen molar-refractivity contribution >= 4 is 41.1 Å². The lowest BCUT2D eigenvalue weighted by Gasteiger charge is -2.23. The van der Waals surface area contributed by atoms with E-state index in [1.54, 1.807) is 6.07 Å². The molecule has 0 saturated carbocycles. The second kappa shape index (κ2) is 11.7. The summed E-state index contributed by atoms with van der Waals surface area (Å²) in [6.07, 6.45) is 1.49. The summed E-state index contributed by atoms with van der Waals surface area (Å²) in [6.45, 7) is 6.36. The number of hydrogen-bond donors (Lipinski definition) is 3. The summed E-state index contributed by atoms with van der Waals surface area (Å²) in [5.74, 6) is 0.0107. The maximum Gasteiger partial charge on any atom is 0.255 e. The van der Waals surface area contributed by atoms with E-state index in [0.29, 0.717) is 23.6 Å². The van der Waals surface area contributed by atoms with E-state index in [-0.39, 0.29) is 23.8 Å². The van der Waals surface area contributed by atoms with Gasteiger partial charge in [-0.3, -0.25) is 14.6 Å². The highest BCUT2D eigenvalue weighted by Gasteiger charge is 2.37. The predicted octanol–water partition coefficient (Wildman–Crippen LogP) is 5.16. The lowest BCUT2D eigenvalue weighted by molar-refractivity contribution is -0.124. The van der Waals surface area contributed by atoms with Crippen molar-refractivity contribution < 1.29 is 9.59 Å². The monoisotopic (exact) mass is 549 g/mol. The number of fused-ring (bicyclic) bond motifs is 1. The molecule has 0 bridgehead atoms. The number of nitrogens with one attached hydrogen (secondary N) is 3. The van der Waals surface area contributed by atoms with E-state index in [2.05, 4.69) is 26.0 Å². The lowest BCUT2D eigenvalue weighted by atomic mass is 10.00. The maximum absolute atomic E-state index is 13.3. The first kappa shape index (κ1) is 27.6. The molecule has 1 unspecified atom stereocenters. The van der Waals surface area contributed by atoms with E-state index < -0.39 is 0 Å². The molecule has 0 radical (unpaired) electrons. The first-order valence-electron chi connectivity index (χ1n) is 13.6. The van der Waals surface area contributed by atoms with Gasteiger partial charge in [0, 0.05) is 36.7 Å². The number of anilines is 3. The number of amides is 2. The average molecular weight is 550 g/mol. The smallest absolute Gasteiger partial charge is 0.255 e. The highest BCUT2D eigenvalue weighted by molar-refractivity contribution is 6.13. The molecule has 2 aliphatic heterocycles. The van der Waals surface area contributed by atoms with Gasteiger partial charge < -0.3 is 20.9 Å². The number of benzene rings is 3. The van der Waals surface area contributed by atoms with Crippen LogP contribution in [0, 0.1) is 12.8 Å². The van der Waals surface area contributed by atoms with Crippen LogP contribution in [0.3, 0.4) is 0 Å². The molecule has 2 amide bonds. The molecule has 2 atom stereocenters. The van der Waals surface area contributed by atoms with Gasteiger partial charge in [-0.1, -0.05) is 42.5 Å². The number of aryl methyl sites for hydroxylation is 1. The summed E-state index contributed by atoms with van der Waals surface area (Å²) in [5.41, 5.74) is 6.70. The van der Waals surface area contributed by atoms with Crippen molar-refractivity contribution in [2.45, 2.75) is 26.8 Å². The molecule has 0 aliphatic carbocycles. The Hall–Kier alpha value is -4.92. The van der Waals surface area contributed by atoms with E-state index in [9.17, 15) is 9.59 Å². The molecular formula is C32H35N7O2. The van der Waals surface area contributed by atoms with Crippen molar-refractivity contribution in [1.29, 1.82) is 0 Å². The van der Waals surface area contributed by atoms with Crippen molar-refractivity contribution in [2.75, 3.05) is 36.2 Å². The van der Waals surface area contributed by atoms with Gasteiger partial charge in [0.15, 0.2) is 5.84 Å². The minimum Gasteiger partial charge on any atom is -0.378 e. The molecule has 9 heteroatoms.